The monoisotopic (exact) mass is 172 g/mol. The van der Waals surface area contributed by atoms with Crippen molar-refractivity contribution in [2.75, 3.05) is 0 Å². The third-order valence-corrected chi connectivity index (χ3v) is 0.821. The molecule has 0 aliphatic heterocycles. The molecule has 66 valence electrons. The van der Waals surface area contributed by atoms with E-state index in [0.29, 0.717) is 6.08 Å². The van der Waals surface area contributed by atoms with Crippen molar-refractivity contribution in [2.45, 2.75) is 13.8 Å². The van der Waals surface area contributed by atoms with Crippen LogP contribution < -0.4 is 0 Å². The van der Waals surface area contributed by atoms with Gasteiger partial charge >= 0.3 is 11.9 Å². The third-order valence-electron chi connectivity index (χ3n) is 0.821. The lowest BCUT2D eigenvalue weighted by Crippen LogP contribution is -2.07. The van der Waals surface area contributed by atoms with Crippen LogP contribution in [0.4, 0.5) is 4.39 Å². The zero-order valence-electron chi connectivity index (χ0n) is 6.83. The Morgan fingerprint density at radius 1 is 1.33 bits per heavy atom. The van der Waals surface area contributed by atoms with E-state index in [9.17, 15) is 14.0 Å². The summed E-state index contributed by atoms with van der Waals surface area (Å²) >= 11 is 0. The Hall–Kier alpha value is -1.45. The molecule has 0 aromatic heterocycles. The normalized spacial score (nSPS) is 11.8. The summed E-state index contributed by atoms with van der Waals surface area (Å²) in [6.45, 7) is 2.68. The van der Waals surface area contributed by atoms with Gasteiger partial charge < -0.3 is 4.74 Å². The summed E-state index contributed by atoms with van der Waals surface area (Å²) in [7, 11) is 0. The first-order valence-corrected chi connectivity index (χ1v) is 3.28. The summed E-state index contributed by atoms with van der Waals surface area (Å²) in [6.07, 6.45) is 3.09. The molecule has 0 aliphatic rings. The van der Waals surface area contributed by atoms with Crippen LogP contribution in [0.15, 0.2) is 24.1 Å². The average Bonchev–Trinajstić information content (AvgIpc) is 1.84. The number of esters is 2. The van der Waals surface area contributed by atoms with E-state index in [2.05, 4.69) is 4.74 Å². The van der Waals surface area contributed by atoms with Gasteiger partial charge in [-0.05, 0) is 13.8 Å². The van der Waals surface area contributed by atoms with Crippen LogP contribution in [0.2, 0.25) is 0 Å². The predicted molar refractivity (Wildman–Crippen MR) is 40.8 cm³/mol. The maximum Gasteiger partial charge on any atom is 0.341 e. The van der Waals surface area contributed by atoms with E-state index in [0.717, 1.165) is 13.0 Å². The molecule has 0 rings (SSSR count). The lowest BCUT2D eigenvalue weighted by molar-refractivity contribution is -0.152. The van der Waals surface area contributed by atoms with Crippen LogP contribution in [-0.2, 0) is 14.3 Å². The van der Waals surface area contributed by atoms with Crippen molar-refractivity contribution in [3.63, 3.8) is 0 Å². The highest BCUT2D eigenvalue weighted by atomic mass is 19.1. The maximum atomic E-state index is 12.0. The van der Waals surface area contributed by atoms with E-state index < -0.39 is 17.8 Å². The first-order chi connectivity index (χ1) is 5.56. The molecule has 0 radical (unpaired) electrons. The molecular weight excluding hydrogens is 163 g/mol. The highest BCUT2D eigenvalue weighted by Crippen LogP contribution is 1.94. The van der Waals surface area contributed by atoms with Gasteiger partial charge in [-0.25, -0.2) is 14.0 Å². The number of hydrogen-bond acceptors (Lipinski definition) is 3. The second kappa shape index (κ2) is 5.23. The van der Waals surface area contributed by atoms with Gasteiger partial charge in [-0.3, -0.25) is 0 Å². The van der Waals surface area contributed by atoms with Crippen LogP contribution in [0.3, 0.4) is 0 Å². The van der Waals surface area contributed by atoms with Gasteiger partial charge in [-0.1, -0.05) is 6.08 Å². The van der Waals surface area contributed by atoms with Crippen molar-refractivity contribution in [2.24, 2.45) is 0 Å². The molecule has 4 heteroatoms. The van der Waals surface area contributed by atoms with Gasteiger partial charge in [0.25, 0.3) is 0 Å². The minimum Gasteiger partial charge on any atom is -0.387 e. The first kappa shape index (κ1) is 10.6. The minimum absolute atomic E-state index is 0.599. The number of halogens is 1. The molecule has 0 aromatic rings. The van der Waals surface area contributed by atoms with Crippen molar-refractivity contribution in [1.29, 1.82) is 0 Å². The molecular formula is C8H9FO3. The van der Waals surface area contributed by atoms with Gasteiger partial charge in [-0.15, -0.1) is 0 Å². The van der Waals surface area contributed by atoms with Crippen LogP contribution in [0.5, 0.6) is 0 Å². The summed E-state index contributed by atoms with van der Waals surface area (Å²) in [5, 5.41) is 0. The Morgan fingerprint density at radius 3 is 2.33 bits per heavy atom. The largest absolute Gasteiger partial charge is 0.387 e. The topological polar surface area (TPSA) is 43.4 Å². The van der Waals surface area contributed by atoms with Gasteiger partial charge in [-0.2, -0.15) is 0 Å². The van der Waals surface area contributed by atoms with Crippen LogP contribution in [0.25, 0.3) is 0 Å². The summed E-state index contributed by atoms with van der Waals surface area (Å²) in [4.78, 5) is 21.1. The van der Waals surface area contributed by atoms with E-state index >= 15 is 0 Å². The van der Waals surface area contributed by atoms with E-state index in [-0.39, 0.29) is 0 Å². The van der Waals surface area contributed by atoms with Gasteiger partial charge in [0.1, 0.15) is 5.83 Å². The SMILES string of the molecule is CC=CC(=O)OC(=O)C=C(C)F. The molecule has 0 heterocycles. The summed E-state index contributed by atoms with van der Waals surface area (Å²) in [6, 6.07) is 0. The first-order valence-electron chi connectivity index (χ1n) is 3.28. The van der Waals surface area contributed by atoms with Crippen molar-refractivity contribution in [3.8, 4) is 0 Å². The Kier molecular flexibility index (Phi) is 4.60. The van der Waals surface area contributed by atoms with E-state index in [1.54, 1.807) is 6.92 Å². The molecule has 0 aromatic carbocycles. The van der Waals surface area contributed by atoms with Crippen LogP contribution in [0, 0.1) is 0 Å². The fraction of sp³-hybridized carbons (Fsp3) is 0.250. The highest BCUT2D eigenvalue weighted by Gasteiger charge is 2.03. The van der Waals surface area contributed by atoms with Crippen LogP contribution >= 0.6 is 0 Å². The predicted octanol–water partition coefficient (Wildman–Crippen LogP) is 1.51. The van der Waals surface area contributed by atoms with Crippen molar-refractivity contribution in [1.82, 2.24) is 0 Å². The summed E-state index contributed by atoms with van der Waals surface area (Å²) < 4.78 is 16.1. The smallest absolute Gasteiger partial charge is 0.341 e. The molecule has 0 saturated carbocycles. The van der Waals surface area contributed by atoms with Crippen molar-refractivity contribution >= 4 is 11.9 Å². The average molecular weight is 172 g/mol. The van der Waals surface area contributed by atoms with Gasteiger partial charge in [0.15, 0.2) is 0 Å². The number of hydrogen-bond donors (Lipinski definition) is 0. The number of carbonyl (C=O) groups is 2. The molecule has 0 bridgehead atoms. The minimum atomic E-state index is -1.00. The number of carbonyl (C=O) groups excluding carboxylic acids is 2. The lowest BCUT2D eigenvalue weighted by atomic mass is 10.5. The second-order valence-electron chi connectivity index (χ2n) is 1.97. The van der Waals surface area contributed by atoms with E-state index in [1.807, 2.05) is 0 Å². The molecule has 12 heavy (non-hydrogen) atoms. The lowest BCUT2D eigenvalue weighted by Gasteiger charge is -1.92. The summed E-state index contributed by atoms with van der Waals surface area (Å²) in [5.74, 6) is -2.51. The van der Waals surface area contributed by atoms with Crippen molar-refractivity contribution in [3.05, 3.63) is 24.1 Å². The molecule has 0 saturated heterocycles. The third kappa shape index (κ3) is 5.34. The number of allylic oxidation sites excluding steroid dienone is 2. The van der Waals surface area contributed by atoms with Crippen LogP contribution in [-0.4, -0.2) is 11.9 Å². The zero-order valence-corrected chi connectivity index (χ0v) is 6.83. The standard InChI is InChI=1S/C8H9FO3/c1-3-4-7(10)12-8(11)5-6(2)9/h3-5H,1-2H3. The molecule has 0 spiro atoms. The molecule has 0 amide bonds. The second-order valence-corrected chi connectivity index (χ2v) is 1.97. The zero-order chi connectivity index (χ0) is 9.56. The fourth-order valence-electron chi connectivity index (χ4n) is 0.461. The molecule has 0 fully saturated rings. The molecule has 0 aliphatic carbocycles. The highest BCUT2D eigenvalue weighted by molar-refractivity contribution is 5.96. The Morgan fingerprint density at radius 2 is 1.92 bits per heavy atom. The Balaban J connectivity index is 4.02. The number of ether oxygens (including phenoxy) is 1. The van der Waals surface area contributed by atoms with Gasteiger partial charge in [0, 0.05) is 6.08 Å². The Labute approximate surface area is 69.5 Å². The molecule has 0 N–H and O–H groups in total. The van der Waals surface area contributed by atoms with Crippen molar-refractivity contribution < 1.29 is 18.7 Å². The molecule has 0 unspecified atom stereocenters. The quantitative estimate of drug-likeness (QED) is 0.360. The molecule has 0 atom stereocenters. The maximum absolute atomic E-state index is 12.0. The van der Waals surface area contributed by atoms with Gasteiger partial charge in [0.05, 0.1) is 6.08 Å². The van der Waals surface area contributed by atoms with Gasteiger partial charge in [0.2, 0.25) is 0 Å². The molecule has 3 nitrogen and oxygen atoms in total. The Bertz CT molecular complexity index is 237. The van der Waals surface area contributed by atoms with E-state index in [4.69, 9.17) is 0 Å². The van der Waals surface area contributed by atoms with E-state index in [1.165, 1.54) is 6.08 Å². The summed E-state index contributed by atoms with van der Waals surface area (Å²) in [5.41, 5.74) is 0. The van der Waals surface area contributed by atoms with Crippen LogP contribution in [0.1, 0.15) is 13.8 Å². The fourth-order valence-corrected chi connectivity index (χ4v) is 0.461. The number of rotatable bonds is 2.